The predicted molar refractivity (Wildman–Crippen MR) is 83.9 cm³/mol. The van der Waals surface area contributed by atoms with Gasteiger partial charge in [-0.2, -0.15) is 0 Å². The van der Waals surface area contributed by atoms with Crippen LogP contribution < -0.4 is 11.1 Å². The molecule has 0 bridgehead atoms. The number of anilines is 1. The van der Waals surface area contributed by atoms with E-state index in [4.69, 9.17) is 5.73 Å². The number of nitrogens with zero attached hydrogens (tertiary/aromatic N) is 1. The van der Waals surface area contributed by atoms with Crippen molar-refractivity contribution in [3.8, 4) is 0 Å². The number of guanidine groups is 1. The largest absolute Gasteiger partial charge is 0.370 e. The Morgan fingerprint density at radius 1 is 1.16 bits per heavy atom. The van der Waals surface area contributed by atoms with Gasteiger partial charge >= 0.3 is 0 Å². The van der Waals surface area contributed by atoms with Crippen LogP contribution in [-0.4, -0.2) is 5.96 Å². The van der Waals surface area contributed by atoms with E-state index in [2.05, 4.69) is 54.7 Å². The van der Waals surface area contributed by atoms with Gasteiger partial charge < -0.3 is 11.1 Å². The third kappa shape index (κ3) is 3.58. The van der Waals surface area contributed by atoms with E-state index >= 15 is 0 Å². The summed E-state index contributed by atoms with van der Waals surface area (Å²) in [4.78, 5) is 5.62. The SMILES string of the molecule is Cc1ccc(NC(N)=NCc2sccc2C)cc1C. The summed E-state index contributed by atoms with van der Waals surface area (Å²) in [6.07, 6.45) is 0. The molecule has 4 heteroatoms. The second kappa shape index (κ2) is 5.89. The highest BCUT2D eigenvalue weighted by molar-refractivity contribution is 7.10. The van der Waals surface area contributed by atoms with E-state index in [1.807, 2.05) is 6.07 Å². The molecule has 3 N–H and O–H groups in total. The summed E-state index contributed by atoms with van der Waals surface area (Å²) >= 11 is 1.71. The first-order chi connectivity index (χ1) is 9.06. The van der Waals surface area contributed by atoms with Crippen molar-refractivity contribution in [3.05, 3.63) is 51.2 Å². The van der Waals surface area contributed by atoms with Crippen LogP contribution in [0.3, 0.4) is 0 Å². The molecule has 2 aromatic rings. The van der Waals surface area contributed by atoms with Gasteiger partial charge in [0.15, 0.2) is 5.96 Å². The van der Waals surface area contributed by atoms with Gasteiger partial charge in [0.25, 0.3) is 0 Å². The van der Waals surface area contributed by atoms with E-state index < -0.39 is 0 Å². The Bertz CT molecular complexity index is 599. The summed E-state index contributed by atoms with van der Waals surface area (Å²) in [7, 11) is 0. The van der Waals surface area contributed by atoms with Crippen LogP contribution >= 0.6 is 11.3 Å². The number of nitrogens with one attached hydrogen (secondary N) is 1. The second-order valence-electron chi connectivity index (χ2n) is 4.65. The first-order valence-electron chi connectivity index (χ1n) is 6.23. The fourth-order valence-electron chi connectivity index (χ4n) is 1.73. The molecule has 0 spiro atoms. The Labute approximate surface area is 118 Å². The molecule has 2 rings (SSSR count). The lowest BCUT2D eigenvalue weighted by Crippen LogP contribution is -2.22. The Hall–Kier alpha value is -1.81. The molecule has 1 aromatic heterocycles. The van der Waals surface area contributed by atoms with Crippen molar-refractivity contribution in [3.63, 3.8) is 0 Å². The molecule has 100 valence electrons. The quantitative estimate of drug-likeness (QED) is 0.663. The number of aryl methyl sites for hydroxylation is 3. The maximum absolute atomic E-state index is 5.90. The first-order valence-corrected chi connectivity index (χ1v) is 7.11. The number of thiophene rings is 1. The minimum absolute atomic E-state index is 0.455. The van der Waals surface area contributed by atoms with Crippen molar-refractivity contribution >= 4 is 23.0 Å². The normalized spacial score (nSPS) is 11.6. The van der Waals surface area contributed by atoms with Crippen LogP contribution in [-0.2, 0) is 6.54 Å². The molecule has 0 aliphatic rings. The van der Waals surface area contributed by atoms with E-state index in [0.717, 1.165) is 5.69 Å². The standard InChI is InChI=1S/C15H19N3S/c1-10-4-5-13(8-12(10)3)18-15(16)17-9-14-11(2)6-7-19-14/h4-8H,9H2,1-3H3,(H3,16,17,18). The summed E-state index contributed by atoms with van der Waals surface area (Å²) in [6, 6.07) is 8.27. The molecule has 0 unspecified atom stereocenters. The van der Waals surface area contributed by atoms with Crippen LogP contribution in [0.25, 0.3) is 0 Å². The van der Waals surface area contributed by atoms with Gasteiger partial charge in [0.2, 0.25) is 0 Å². The lowest BCUT2D eigenvalue weighted by Gasteiger charge is -2.08. The fourth-order valence-corrected chi connectivity index (χ4v) is 2.56. The Kier molecular flexibility index (Phi) is 4.22. The zero-order valence-electron chi connectivity index (χ0n) is 11.5. The maximum Gasteiger partial charge on any atom is 0.193 e. The maximum atomic E-state index is 5.90. The third-order valence-corrected chi connectivity index (χ3v) is 4.15. The number of rotatable bonds is 3. The smallest absolute Gasteiger partial charge is 0.193 e. The van der Waals surface area contributed by atoms with Gasteiger partial charge in [-0.25, -0.2) is 4.99 Å². The van der Waals surface area contributed by atoms with Crippen LogP contribution in [0, 0.1) is 20.8 Å². The van der Waals surface area contributed by atoms with Crippen LogP contribution in [0.15, 0.2) is 34.6 Å². The van der Waals surface area contributed by atoms with Crippen molar-refractivity contribution in [2.75, 3.05) is 5.32 Å². The van der Waals surface area contributed by atoms with Gasteiger partial charge in [-0.15, -0.1) is 11.3 Å². The van der Waals surface area contributed by atoms with Gasteiger partial charge in [-0.1, -0.05) is 6.07 Å². The van der Waals surface area contributed by atoms with E-state index in [0.29, 0.717) is 12.5 Å². The second-order valence-corrected chi connectivity index (χ2v) is 5.65. The summed E-state index contributed by atoms with van der Waals surface area (Å²) in [5.74, 6) is 0.455. The minimum Gasteiger partial charge on any atom is -0.370 e. The summed E-state index contributed by atoms with van der Waals surface area (Å²) < 4.78 is 0. The number of benzene rings is 1. The molecular formula is C15H19N3S. The van der Waals surface area contributed by atoms with E-state index in [-0.39, 0.29) is 0 Å². The molecule has 3 nitrogen and oxygen atoms in total. The molecule has 0 radical (unpaired) electrons. The van der Waals surface area contributed by atoms with Gasteiger partial charge in [0.05, 0.1) is 6.54 Å². The molecule has 0 aliphatic heterocycles. The highest BCUT2D eigenvalue weighted by Gasteiger charge is 2.00. The van der Waals surface area contributed by atoms with Gasteiger partial charge in [0.1, 0.15) is 0 Å². The van der Waals surface area contributed by atoms with Crippen LogP contribution in [0.5, 0.6) is 0 Å². The summed E-state index contributed by atoms with van der Waals surface area (Å²) in [6.45, 7) is 6.90. The number of aliphatic imine (C=N–C) groups is 1. The van der Waals surface area contributed by atoms with Crippen molar-refractivity contribution in [1.82, 2.24) is 0 Å². The average molecular weight is 273 g/mol. The monoisotopic (exact) mass is 273 g/mol. The molecule has 1 heterocycles. The van der Waals surface area contributed by atoms with Crippen LogP contribution in [0.1, 0.15) is 21.6 Å². The zero-order chi connectivity index (χ0) is 13.8. The van der Waals surface area contributed by atoms with Gasteiger partial charge in [-0.3, -0.25) is 0 Å². The lowest BCUT2D eigenvalue weighted by molar-refractivity contribution is 1.07. The Morgan fingerprint density at radius 2 is 1.95 bits per heavy atom. The van der Waals surface area contributed by atoms with Crippen molar-refractivity contribution < 1.29 is 0 Å². The van der Waals surface area contributed by atoms with E-state index in [1.54, 1.807) is 11.3 Å². The van der Waals surface area contributed by atoms with Crippen molar-refractivity contribution in [1.29, 1.82) is 0 Å². The topological polar surface area (TPSA) is 50.4 Å². The summed E-state index contributed by atoms with van der Waals surface area (Å²) in [5.41, 5.74) is 10.7. The molecule has 1 aromatic carbocycles. The van der Waals surface area contributed by atoms with Crippen molar-refractivity contribution in [2.45, 2.75) is 27.3 Å². The predicted octanol–water partition coefficient (Wildman–Crippen LogP) is 3.60. The number of hydrogen-bond donors (Lipinski definition) is 2. The molecule has 0 saturated carbocycles. The number of nitrogens with two attached hydrogens (primary N) is 1. The lowest BCUT2D eigenvalue weighted by atomic mass is 10.1. The van der Waals surface area contributed by atoms with E-state index in [9.17, 15) is 0 Å². The Morgan fingerprint density at radius 3 is 2.58 bits per heavy atom. The highest BCUT2D eigenvalue weighted by atomic mass is 32.1. The zero-order valence-corrected chi connectivity index (χ0v) is 12.3. The average Bonchev–Trinajstić information content (AvgIpc) is 2.77. The highest BCUT2D eigenvalue weighted by Crippen LogP contribution is 2.17. The molecule has 0 atom stereocenters. The molecule has 0 saturated heterocycles. The molecule has 0 aliphatic carbocycles. The van der Waals surface area contributed by atoms with Gasteiger partial charge in [-0.05, 0) is 61.0 Å². The first kappa shape index (κ1) is 13.6. The molecular weight excluding hydrogens is 254 g/mol. The van der Waals surface area contributed by atoms with Gasteiger partial charge in [0, 0.05) is 10.6 Å². The third-order valence-electron chi connectivity index (χ3n) is 3.14. The summed E-state index contributed by atoms with van der Waals surface area (Å²) in [5, 5.41) is 5.20. The molecule has 0 fully saturated rings. The minimum atomic E-state index is 0.455. The van der Waals surface area contributed by atoms with Crippen molar-refractivity contribution in [2.24, 2.45) is 10.7 Å². The number of hydrogen-bond acceptors (Lipinski definition) is 2. The molecule has 0 amide bonds. The Balaban J connectivity index is 2.02. The van der Waals surface area contributed by atoms with Crippen LogP contribution in [0.4, 0.5) is 5.69 Å². The van der Waals surface area contributed by atoms with Crippen LogP contribution in [0.2, 0.25) is 0 Å². The fraction of sp³-hybridized carbons (Fsp3) is 0.267. The molecule has 19 heavy (non-hydrogen) atoms. The van der Waals surface area contributed by atoms with E-state index in [1.165, 1.54) is 21.6 Å².